The molecule has 4 aromatic rings. The molecule has 0 aliphatic carbocycles. The number of thioether (sulfide) groups is 1. The van der Waals surface area contributed by atoms with Crippen molar-refractivity contribution in [2.24, 2.45) is 0 Å². The van der Waals surface area contributed by atoms with Crippen molar-refractivity contribution in [1.29, 1.82) is 0 Å². The van der Waals surface area contributed by atoms with Gasteiger partial charge in [-0.15, -0.1) is 0 Å². The summed E-state index contributed by atoms with van der Waals surface area (Å²) in [4.78, 5) is 52.5. The summed E-state index contributed by atoms with van der Waals surface area (Å²) in [6.07, 6.45) is 1.16. The maximum atomic E-state index is 13.7. The van der Waals surface area contributed by atoms with Crippen molar-refractivity contribution in [1.82, 2.24) is 10.6 Å². The lowest BCUT2D eigenvalue weighted by molar-refractivity contribution is -0.149. The van der Waals surface area contributed by atoms with Gasteiger partial charge in [0.1, 0.15) is 18.7 Å². The molecule has 2 atom stereocenters. The van der Waals surface area contributed by atoms with Crippen molar-refractivity contribution >= 4 is 34.7 Å². The molecular formula is C36H36N2O5S. The molecule has 4 rings (SSSR count). The summed E-state index contributed by atoms with van der Waals surface area (Å²) >= 11 is 1.08. The third-order valence-corrected chi connectivity index (χ3v) is 7.83. The number of hydrogen-bond acceptors (Lipinski definition) is 6. The summed E-state index contributed by atoms with van der Waals surface area (Å²) in [6.45, 7) is 0.0474. The number of ether oxygens (including phenoxy) is 1. The van der Waals surface area contributed by atoms with E-state index >= 15 is 0 Å². The maximum absolute atomic E-state index is 13.7. The first-order valence-corrected chi connectivity index (χ1v) is 15.6. The highest BCUT2D eigenvalue weighted by molar-refractivity contribution is 8.14. The summed E-state index contributed by atoms with van der Waals surface area (Å²) < 4.78 is 5.56. The van der Waals surface area contributed by atoms with Gasteiger partial charge in [-0.2, -0.15) is 0 Å². The quantitative estimate of drug-likeness (QED) is 0.172. The Balaban J connectivity index is 1.43. The highest BCUT2D eigenvalue weighted by atomic mass is 32.2. The predicted octanol–water partition coefficient (Wildman–Crippen LogP) is 5.54. The van der Waals surface area contributed by atoms with Crippen LogP contribution < -0.4 is 10.6 Å². The van der Waals surface area contributed by atoms with Crippen LogP contribution in [-0.2, 0) is 38.6 Å². The molecule has 0 saturated carbocycles. The second-order valence-electron chi connectivity index (χ2n) is 10.2. The van der Waals surface area contributed by atoms with Crippen LogP contribution in [0.15, 0.2) is 121 Å². The van der Waals surface area contributed by atoms with Crippen molar-refractivity contribution < 1.29 is 23.9 Å². The minimum atomic E-state index is -1.01. The minimum absolute atomic E-state index is 0.0474. The summed E-state index contributed by atoms with van der Waals surface area (Å²) in [6, 6.07) is 35.3. The Morgan fingerprint density at radius 1 is 0.636 bits per heavy atom. The van der Waals surface area contributed by atoms with Crippen LogP contribution >= 0.6 is 11.8 Å². The summed E-state index contributed by atoms with van der Waals surface area (Å²) in [5.74, 6) is -1.09. The van der Waals surface area contributed by atoms with E-state index in [0.29, 0.717) is 12.0 Å². The number of rotatable bonds is 15. The van der Waals surface area contributed by atoms with Crippen molar-refractivity contribution in [3.05, 3.63) is 144 Å². The third-order valence-electron chi connectivity index (χ3n) is 6.89. The lowest BCUT2D eigenvalue weighted by Crippen LogP contribution is -2.53. The van der Waals surface area contributed by atoms with E-state index in [9.17, 15) is 19.2 Å². The van der Waals surface area contributed by atoms with Gasteiger partial charge in [0.05, 0.1) is 0 Å². The van der Waals surface area contributed by atoms with E-state index in [2.05, 4.69) is 10.6 Å². The van der Waals surface area contributed by atoms with Gasteiger partial charge in [0, 0.05) is 24.2 Å². The van der Waals surface area contributed by atoms with Crippen molar-refractivity contribution in [2.45, 2.75) is 44.4 Å². The van der Waals surface area contributed by atoms with Crippen LogP contribution in [0.3, 0.4) is 0 Å². The molecule has 0 bridgehead atoms. The zero-order valence-electron chi connectivity index (χ0n) is 24.4. The predicted molar refractivity (Wildman–Crippen MR) is 173 cm³/mol. The molecule has 0 unspecified atom stereocenters. The van der Waals surface area contributed by atoms with Crippen LogP contribution in [-0.4, -0.2) is 40.7 Å². The number of nitrogens with one attached hydrogen (secondary N) is 2. The monoisotopic (exact) mass is 608 g/mol. The maximum Gasteiger partial charge on any atom is 0.329 e. The van der Waals surface area contributed by atoms with Gasteiger partial charge < -0.3 is 15.4 Å². The number of carbonyl (C=O) groups excluding carboxylic acids is 4. The molecule has 0 spiro atoms. The van der Waals surface area contributed by atoms with Crippen LogP contribution in [0.2, 0.25) is 0 Å². The van der Waals surface area contributed by atoms with Gasteiger partial charge in [0.2, 0.25) is 16.9 Å². The van der Waals surface area contributed by atoms with E-state index in [1.165, 1.54) is 0 Å². The lowest BCUT2D eigenvalue weighted by Gasteiger charge is -2.23. The SMILES string of the molecule is O=C(CCc1ccccc1)N[C@@H](Cc1ccccc1)C(=O)N[C@@H](CCSC(=O)c1ccccc1)C(=O)OCc1ccccc1. The van der Waals surface area contributed by atoms with Crippen LogP contribution in [0.25, 0.3) is 0 Å². The highest BCUT2D eigenvalue weighted by Gasteiger charge is 2.28. The van der Waals surface area contributed by atoms with Gasteiger partial charge in [0.15, 0.2) is 0 Å². The topological polar surface area (TPSA) is 102 Å². The number of amides is 2. The number of carbonyl (C=O) groups is 4. The standard InChI is InChI=1S/C36H36N2O5S/c39-33(22-21-27-13-5-1-6-14-27)37-32(25-28-15-7-2-8-16-28)34(40)38-31(35(41)43-26-29-17-9-3-10-18-29)23-24-44-36(42)30-19-11-4-12-20-30/h1-20,31-32H,21-26H2,(H,37,39)(H,38,40)/t31-,32-/m0/s1. The van der Waals surface area contributed by atoms with Gasteiger partial charge in [-0.05, 0) is 29.5 Å². The van der Waals surface area contributed by atoms with Gasteiger partial charge in [0.25, 0.3) is 0 Å². The zero-order chi connectivity index (χ0) is 31.0. The van der Waals surface area contributed by atoms with E-state index in [4.69, 9.17) is 4.74 Å². The average Bonchev–Trinajstić information content (AvgIpc) is 3.07. The molecule has 0 saturated heterocycles. The third kappa shape index (κ3) is 10.9. The first-order valence-electron chi connectivity index (χ1n) is 14.6. The second-order valence-corrected chi connectivity index (χ2v) is 11.3. The Bertz CT molecular complexity index is 1480. The fourth-order valence-electron chi connectivity index (χ4n) is 4.51. The number of benzene rings is 4. The first-order chi connectivity index (χ1) is 21.5. The van der Waals surface area contributed by atoms with E-state index < -0.39 is 24.0 Å². The van der Waals surface area contributed by atoms with Gasteiger partial charge in [-0.1, -0.05) is 133 Å². The van der Waals surface area contributed by atoms with Crippen LogP contribution in [0.4, 0.5) is 0 Å². The van der Waals surface area contributed by atoms with E-state index in [1.807, 2.05) is 97.1 Å². The lowest BCUT2D eigenvalue weighted by atomic mass is 10.0. The minimum Gasteiger partial charge on any atom is -0.459 e. The number of hydrogen-bond donors (Lipinski definition) is 2. The second kappa shape index (κ2) is 17.4. The summed E-state index contributed by atoms with van der Waals surface area (Å²) in [7, 11) is 0. The molecular weight excluding hydrogens is 572 g/mol. The number of esters is 1. The fraction of sp³-hybridized carbons (Fsp3) is 0.222. The zero-order valence-corrected chi connectivity index (χ0v) is 25.2. The van der Waals surface area contributed by atoms with Gasteiger partial charge in [-0.25, -0.2) is 4.79 Å². The molecule has 8 heteroatoms. The largest absolute Gasteiger partial charge is 0.459 e. The summed E-state index contributed by atoms with van der Waals surface area (Å²) in [5.41, 5.74) is 3.26. The molecule has 2 amide bonds. The van der Waals surface area contributed by atoms with Crippen LogP contribution in [0, 0.1) is 0 Å². The molecule has 4 aromatic carbocycles. The van der Waals surface area contributed by atoms with Crippen molar-refractivity contribution in [3.8, 4) is 0 Å². The Morgan fingerprint density at radius 2 is 1.18 bits per heavy atom. The molecule has 0 heterocycles. The molecule has 44 heavy (non-hydrogen) atoms. The average molecular weight is 609 g/mol. The molecule has 0 radical (unpaired) electrons. The fourth-order valence-corrected chi connectivity index (χ4v) is 5.35. The van der Waals surface area contributed by atoms with E-state index in [-0.39, 0.29) is 42.6 Å². The number of aryl methyl sites for hydroxylation is 1. The Kier molecular flexibility index (Phi) is 12.8. The highest BCUT2D eigenvalue weighted by Crippen LogP contribution is 2.15. The van der Waals surface area contributed by atoms with E-state index in [1.54, 1.807) is 24.3 Å². The Morgan fingerprint density at radius 3 is 1.80 bits per heavy atom. The normalized spacial score (nSPS) is 12.0. The van der Waals surface area contributed by atoms with Crippen molar-refractivity contribution in [2.75, 3.05) is 5.75 Å². The van der Waals surface area contributed by atoms with Crippen LogP contribution in [0.1, 0.15) is 39.9 Å². The molecule has 7 nitrogen and oxygen atoms in total. The Labute approximate surface area is 262 Å². The molecule has 0 aromatic heterocycles. The molecule has 226 valence electrons. The molecule has 0 aliphatic heterocycles. The smallest absolute Gasteiger partial charge is 0.329 e. The van der Waals surface area contributed by atoms with Crippen LogP contribution in [0.5, 0.6) is 0 Å². The summed E-state index contributed by atoms with van der Waals surface area (Å²) in [5, 5.41) is 5.56. The molecule has 2 N–H and O–H groups in total. The van der Waals surface area contributed by atoms with Gasteiger partial charge >= 0.3 is 5.97 Å². The molecule has 0 aliphatic rings. The Hall–Kier alpha value is -4.69. The van der Waals surface area contributed by atoms with Crippen molar-refractivity contribution in [3.63, 3.8) is 0 Å². The molecule has 0 fully saturated rings. The van der Waals surface area contributed by atoms with E-state index in [0.717, 1.165) is 28.5 Å². The van der Waals surface area contributed by atoms with Gasteiger partial charge in [-0.3, -0.25) is 14.4 Å². The first kappa shape index (κ1) is 32.2.